The highest BCUT2D eigenvalue weighted by atomic mass is 19.1. The van der Waals surface area contributed by atoms with Gasteiger partial charge in [-0.1, -0.05) is 6.58 Å². The minimum absolute atomic E-state index is 0.237. The fraction of sp³-hybridized carbons (Fsp3) is 0.227. The number of amides is 3. The maximum absolute atomic E-state index is 13.2. The molecule has 2 aromatic rings. The number of piperazine rings is 1. The summed E-state index contributed by atoms with van der Waals surface area (Å²) in [5.41, 5.74) is 0.485. The molecule has 0 unspecified atom stereocenters. The molecule has 6 nitrogen and oxygen atoms in total. The Bertz CT molecular complexity index is 952. The molecule has 150 valence electrons. The molecule has 1 heterocycles. The van der Waals surface area contributed by atoms with Gasteiger partial charge in [-0.05, 0) is 68.5 Å². The molecule has 3 rings (SSSR count). The molecule has 0 radical (unpaired) electrons. The molecule has 0 aliphatic carbocycles. The normalized spacial score (nSPS) is 15.8. The lowest BCUT2D eigenvalue weighted by Gasteiger charge is -2.45. The number of hydrogen-bond acceptors (Lipinski definition) is 3. The molecule has 0 bridgehead atoms. The smallest absolute Gasteiger partial charge is 0.254 e. The van der Waals surface area contributed by atoms with Gasteiger partial charge in [-0.3, -0.25) is 14.4 Å². The third-order valence-electron chi connectivity index (χ3n) is 4.96. The van der Waals surface area contributed by atoms with Gasteiger partial charge in [0.25, 0.3) is 11.8 Å². The van der Waals surface area contributed by atoms with E-state index >= 15 is 0 Å². The van der Waals surface area contributed by atoms with Crippen LogP contribution in [0.15, 0.2) is 61.2 Å². The number of rotatable bonds is 4. The van der Waals surface area contributed by atoms with Crippen molar-refractivity contribution in [2.24, 2.45) is 0 Å². The largest absolute Gasteiger partial charge is 0.323 e. The van der Waals surface area contributed by atoms with Crippen molar-refractivity contribution in [1.82, 2.24) is 4.90 Å². The Morgan fingerprint density at radius 2 is 1.69 bits per heavy atom. The number of anilines is 2. The van der Waals surface area contributed by atoms with Gasteiger partial charge in [-0.25, -0.2) is 4.39 Å². The maximum atomic E-state index is 13.2. The van der Waals surface area contributed by atoms with Crippen LogP contribution in [0.2, 0.25) is 0 Å². The monoisotopic (exact) mass is 395 g/mol. The van der Waals surface area contributed by atoms with Gasteiger partial charge in [-0.2, -0.15) is 0 Å². The third-order valence-corrected chi connectivity index (χ3v) is 4.96. The van der Waals surface area contributed by atoms with Crippen molar-refractivity contribution in [2.75, 3.05) is 23.3 Å². The second kappa shape index (κ2) is 7.87. The summed E-state index contributed by atoms with van der Waals surface area (Å²) in [5.74, 6) is -1.23. The van der Waals surface area contributed by atoms with Crippen molar-refractivity contribution in [3.05, 3.63) is 72.6 Å². The number of halogens is 1. The van der Waals surface area contributed by atoms with Crippen LogP contribution in [0.1, 0.15) is 24.2 Å². The fourth-order valence-corrected chi connectivity index (χ4v) is 3.29. The Hall–Kier alpha value is -3.48. The first-order valence-corrected chi connectivity index (χ1v) is 9.17. The van der Waals surface area contributed by atoms with E-state index in [2.05, 4.69) is 11.9 Å². The Morgan fingerprint density at radius 3 is 2.28 bits per heavy atom. The molecule has 1 N–H and O–H groups in total. The van der Waals surface area contributed by atoms with E-state index in [0.29, 0.717) is 30.0 Å². The van der Waals surface area contributed by atoms with Gasteiger partial charge in [0.1, 0.15) is 11.4 Å². The number of nitrogens with zero attached hydrogens (tertiary/aromatic N) is 2. The van der Waals surface area contributed by atoms with Gasteiger partial charge < -0.3 is 15.1 Å². The number of benzene rings is 2. The summed E-state index contributed by atoms with van der Waals surface area (Å²) >= 11 is 0. The van der Waals surface area contributed by atoms with Crippen molar-refractivity contribution in [2.45, 2.75) is 19.4 Å². The number of hydrogen-bond donors (Lipinski definition) is 1. The highest BCUT2D eigenvalue weighted by molar-refractivity contribution is 6.06. The second-order valence-corrected chi connectivity index (χ2v) is 7.22. The molecule has 1 saturated heterocycles. The Labute approximate surface area is 168 Å². The Kier molecular flexibility index (Phi) is 5.50. The molecule has 0 spiro atoms. The summed E-state index contributed by atoms with van der Waals surface area (Å²) in [4.78, 5) is 40.6. The maximum Gasteiger partial charge on any atom is 0.254 e. The van der Waals surface area contributed by atoms with E-state index in [4.69, 9.17) is 0 Å². The predicted molar refractivity (Wildman–Crippen MR) is 109 cm³/mol. The summed E-state index contributed by atoms with van der Waals surface area (Å²) in [6.45, 7) is 7.43. The number of carbonyl (C=O) groups is 3. The standard InChI is InChI=1S/C22H22FN3O3/c1-4-19(27)24-17-9-5-15(6-10-17)20(28)26-14-13-25(21(29)22(26,2)3)18-11-7-16(23)8-12-18/h4-12H,1,13-14H2,2-3H3,(H,24,27). The van der Waals surface area contributed by atoms with Crippen LogP contribution in [0.5, 0.6) is 0 Å². The molecule has 29 heavy (non-hydrogen) atoms. The molecular formula is C22H22FN3O3. The van der Waals surface area contributed by atoms with Crippen molar-refractivity contribution < 1.29 is 18.8 Å². The number of nitrogens with one attached hydrogen (secondary N) is 1. The van der Waals surface area contributed by atoms with Crippen molar-refractivity contribution in [3.63, 3.8) is 0 Å². The average Bonchev–Trinajstić information content (AvgIpc) is 2.71. The Balaban J connectivity index is 1.78. The van der Waals surface area contributed by atoms with Gasteiger partial charge in [0.2, 0.25) is 5.91 Å². The SMILES string of the molecule is C=CC(=O)Nc1ccc(C(=O)N2CCN(c3ccc(F)cc3)C(=O)C2(C)C)cc1. The van der Waals surface area contributed by atoms with E-state index in [1.54, 1.807) is 55.1 Å². The fourth-order valence-electron chi connectivity index (χ4n) is 3.29. The molecule has 0 saturated carbocycles. The van der Waals surface area contributed by atoms with Crippen LogP contribution in [-0.4, -0.2) is 41.2 Å². The Morgan fingerprint density at radius 1 is 1.07 bits per heavy atom. The lowest BCUT2D eigenvalue weighted by atomic mass is 9.95. The van der Waals surface area contributed by atoms with E-state index in [-0.39, 0.29) is 23.5 Å². The quantitative estimate of drug-likeness (QED) is 0.809. The third kappa shape index (κ3) is 4.03. The van der Waals surface area contributed by atoms with Gasteiger partial charge in [-0.15, -0.1) is 0 Å². The summed E-state index contributed by atoms with van der Waals surface area (Å²) in [6.07, 6.45) is 1.16. The zero-order valence-corrected chi connectivity index (χ0v) is 16.3. The van der Waals surface area contributed by atoms with Gasteiger partial charge in [0.05, 0.1) is 0 Å². The zero-order chi connectivity index (χ0) is 21.2. The van der Waals surface area contributed by atoms with E-state index in [1.807, 2.05) is 0 Å². The summed E-state index contributed by atoms with van der Waals surface area (Å²) < 4.78 is 13.2. The van der Waals surface area contributed by atoms with Crippen LogP contribution in [0, 0.1) is 5.82 Å². The lowest BCUT2D eigenvalue weighted by Crippen LogP contribution is -2.64. The minimum Gasteiger partial charge on any atom is -0.323 e. The van der Waals surface area contributed by atoms with E-state index in [9.17, 15) is 18.8 Å². The molecule has 2 aromatic carbocycles. The summed E-state index contributed by atoms with van der Waals surface area (Å²) in [6, 6.07) is 12.2. The van der Waals surface area contributed by atoms with Crippen molar-refractivity contribution in [1.29, 1.82) is 0 Å². The molecule has 0 aromatic heterocycles. The van der Waals surface area contributed by atoms with Crippen LogP contribution < -0.4 is 10.2 Å². The molecule has 1 aliphatic rings. The van der Waals surface area contributed by atoms with E-state index in [1.165, 1.54) is 17.0 Å². The van der Waals surface area contributed by atoms with Crippen LogP contribution >= 0.6 is 0 Å². The lowest BCUT2D eigenvalue weighted by molar-refractivity contribution is -0.129. The molecular weight excluding hydrogens is 373 g/mol. The second-order valence-electron chi connectivity index (χ2n) is 7.22. The first kappa shape index (κ1) is 20.3. The topological polar surface area (TPSA) is 69.7 Å². The van der Waals surface area contributed by atoms with Crippen LogP contribution in [0.4, 0.5) is 15.8 Å². The zero-order valence-electron chi connectivity index (χ0n) is 16.3. The van der Waals surface area contributed by atoms with Gasteiger partial charge >= 0.3 is 0 Å². The molecule has 7 heteroatoms. The van der Waals surface area contributed by atoms with Gasteiger partial charge in [0.15, 0.2) is 0 Å². The highest BCUT2D eigenvalue weighted by Gasteiger charge is 2.44. The van der Waals surface area contributed by atoms with E-state index < -0.39 is 5.54 Å². The molecule has 0 atom stereocenters. The molecule has 1 aliphatic heterocycles. The highest BCUT2D eigenvalue weighted by Crippen LogP contribution is 2.29. The summed E-state index contributed by atoms with van der Waals surface area (Å²) in [7, 11) is 0. The average molecular weight is 395 g/mol. The number of carbonyl (C=O) groups excluding carboxylic acids is 3. The molecule has 3 amide bonds. The minimum atomic E-state index is -1.07. The predicted octanol–water partition coefficient (Wildman–Crippen LogP) is 3.22. The van der Waals surface area contributed by atoms with Crippen molar-refractivity contribution in [3.8, 4) is 0 Å². The van der Waals surface area contributed by atoms with E-state index in [0.717, 1.165) is 6.08 Å². The van der Waals surface area contributed by atoms with Gasteiger partial charge in [0, 0.05) is 30.0 Å². The van der Waals surface area contributed by atoms with Crippen LogP contribution in [0.3, 0.4) is 0 Å². The van der Waals surface area contributed by atoms with Crippen molar-refractivity contribution >= 4 is 29.1 Å². The first-order chi connectivity index (χ1) is 13.7. The van der Waals surface area contributed by atoms with Crippen LogP contribution in [0.25, 0.3) is 0 Å². The first-order valence-electron chi connectivity index (χ1n) is 9.17. The molecule has 1 fully saturated rings. The summed E-state index contributed by atoms with van der Waals surface area (Å²) in [5, 5.41) is 2.62. The van der Waals surface area contributed by atoms with Crippen LogP contribution in [-0.2, 0) is 9.59 Å².